The Morgan fingerprint density at radius 3 is 2.42 bits per heavy atom. The molecule has 0 unspecified atom stereocenters. The third kappa shape index (κ3) is 3.89. The van der Waals surface area contributed by atoms with Crippen molar-refractivity contribution < 1.29 is 9.21 Å². The second-order valence-corrected chi connectivity index (χ2v) is 7.24. The molecule has 0 radical (unpaired) electrons. The average Bonchev–Trinajstić information content (AvgIpc) is 2.95. The first kappa shape index (κ1) is 19.6. The van der Waals surface area contributed by atoms with E-state index in [9.17, 15) is 14.4 Å². The van der Waals surface area contributed by atoms with Crippen molar-refractivity contribution in [1.29, 1.82) is 0 Å². The number of rotatable bonds is 6. The molecule has 0 saturated heterocycles. The van der Waals surface area contributed by atoms with E-state index in [0.717, 1.165) is 0 Å². The molecule has 0 fully saturated rings. The highest BCUT2D eigenvalue weighted by Crippen LogP contribution is 2.23. The van der Waals surface area contributed by atoms with Gasteiger partial charge in [-0.1, -0.05) is 27.7 Å². The second kappa shape index (κ2) is 7.63. The van der Waals surface area contributed by atoms with E-state index in [1.807, 2.05) is 27.7 Å². The van der Waals surface area contributed by atoms with Crippen LogP contribution in [0.15, 0.2) is 26.3 Å². The molecule has 0 aliphatic carbocycles. The number of nitrogens with two attached hydrogens (primary N) is 1. The van der Waals surface area contributed by atoms with Crippen LogP contribution in [-0.2, 0) is 6.54 Å². The Labute approximate surface area is 151 Å². The van der Waals surface area contributed by atoms with Crippen LogP contribution in [-0.4, -0.2) is 22.0 Å². The molecule has 8 heteroatoms. The first-order chi connectivity index (χ1) is 12.1. The van der Waals surface area contributed by atoms with E-state index in [1.165, 1.54) is 15.7 Å². The molecule has 0 aliphatic rings. The smallest absolute Gasteiger partial charge is 0.330 e. The third-order valence-electron chi connectivity index (χ3n) is 3.88. The number of nitrogens with one attached hydrogen (secondary N) is 1. The fourth-order valence-corrected chi connectivity index (χ4v) is 2.74. The van der Waals surface area contributed by atoms with Gasteiger partial charge in [0.25, 0.3) is 11.5 Å². The molecule has 0 atom stereocenters. The van der Waals surface area contributed by atoms with Crippen molar-refractivity contribution in [2.45, 2.75) is 41.2 Å². The van der Waals surface area contributed by atoms with Crippen LogP contribution in [0, 0.1) is 18.8 Å². The van der Waals surface area contributed by atoms with E-state index >= 15 is 0 Å². The normalized spacial score (nSPS) is 11.3. The van der Waals surface area contributed by atoms with E-state index in [-0.39, 0.29) is 35.6 Å². The zero-order valence-electron chi connectivity index (χ0n) is 15.8. The number of anilines is 2. The van der Waals surface area contributed by atoms with Crippen LogP contribution < -0.4 is 21.9 Å². The van der Waals surface area contributed by atoms with Gasteiger partial charge < -0.3 is 10.2 Å². The minimum Gasteiger partial charge on any atom is -0.459 e. The maximum absolute atomic E-state index is 13.0. The van der Waals surface area contributed by atoms with Crippen molar-refractivity contribution in [3.05, 3.63) is 44.5 Å². The van der Waals surface area contributed by atoms with Gasteiger partial charge >= 0.3 is 5.69 Å². The van der Waals surface area contributed by atoms with Gasteiger partial charge in [0, 0.05) is 18.7 Å². The molecule has 2 heterocycles. The second-order valence-electron chi connectivity index (χ2n) is 7.24. The Bertz CT molecular complexity index is 905. The summed E-state index contributed by atoms with van der Waals surface area (Å²) in [5.41, 5.74) is 5.51. The van der Waals surface area contributed by atoms with Crippen LogP contribution in [0.3, 0.4) is 0 Å². The number of nitrogens with zero attached hydrogens (tertiary/aromatic N) is 2. The summed E-state index contributed by atoms with van der Waals surface area (Å²) in [6, 6.07) is 1.67. The number of aromatic nitrogens is 2. The molecule has 8 nitrogen and oxygen atoms in total. The van der Waals surface area contributed by atoms with Gasteiger partial charge in [0.2, 0.25) is 0 Å². The molecule has 0 bridgehead atoms. The quantitative estimate of drug-likeness (QED) is 0.815. The van der Waals surface area contributed by atoms with Crippen LogP contribution in [0.4, 0.5) is 11.5 Å². The highest BCUT2D eigenvalue weighted by molar-refractivity contribution is 6.06. The van der Waals surface area contributed by atoms with Crippen molar-refractivity contribution in [3.63, 3.8) is 0 Å². The zero-order chi connectivity index (χ0) is 19.6. The predicted octanol–water partition coefficient (Wildman–Crippen LogP) is 1.98. The number of hydrogen-bond acceptors (Lipinski definition) is 5. The lowest BCUT2D eigenvalue weighted by atomic mass is 10.1. The van der Waals surface area contributed by atoms with Gasteiger partial charge in [-0.05, 0) is 24.8 Å². The molecule has 2 aromatic heterocycles. The molecular formula is C18H26N4O4. The largest absolute Gasteiger partial charge is 0.459 e. The Kier molecular flexibility index (Phi) is 5.74. The van der Waals surface area contributed by atoms with Crippen LogP contribution in [0.5, 0.6) is 0 Å². The fraction of sp³-hybridized carbons (Fsp3) is 0.500. The Morgan fingerprint density at radius 1 is 1.27 bits per heavy atom. The summed E-state index contributed by atoms with van der Waals surface area (Å²) in [6.07, 6.45) is 1.42. The van der Waals surface area contributed by atoms with Crippen molar-refractivity contribution in [2.24, 2.45) is 11.8 Å². The summed E-state index contributed by atoms with van der Waals surface area (Å²) in [5, 5.41) is 0. The first-order valence-corrected chi connectivity index (χ1v) is 8.62. The third-order valence-corrected chi connectivity index (χ3v) is 3.88. The molecule has 2 aromatic rings. The summed E-state index contributed by atoms with van der Waals surface area (Å²) < 4.78 is 6.58. The molecular weight excluding hydrogens is 336 g/mol. The number of nitrogen functional groups attached to an aromatic ring is 1. The van der Waals surface area contributed by atoms with E-state index in [0.29, 0.717) is 12.1 Å². The molecule has 0 saturated carbocycles. The van der Waals surface area contributed by atoms with Gasteiger partial charge in [-0.15, -0.1) is 0 Å². The maximum atomic E-state index is 13.0. The Balaban J connectivity index is 2.65. The number of H-pyrrole nitrogens is 1. The van der Waals surface area contributed by atoms with Gasteiger partial charge in [0.15, 0.2) is 11.4 Å². The SMILES string of the molecule is Cc1ccoc1C(=O)N(CC(C)C)c1c(N)n(CC(C)C)c(=O)[nH]c1=O. The number of carbonyl (C=O) groups is 1. The highest BCUT2D eigenvalue weighted by atomic mass is 16.3. The molecule has 26 heavy (non-hydrogen) atoms. The van der Waals surface area contributed by atoms with Crippen LogP contribution >= 0.6 is 0 Å². The molecule has 0 aromatic carbocycles. The summed E-state index contributed by atoms with van der Waals surface area (Å²) in [7, 11) is 0. The lowest BCUT2D eigenvalue weighted by molar-refractivity contribution is 0.0956. The van der Waals surface area contributed by atoms with Gasteiger partial charge in [-0.25, -0.2) is 4.79 Å². The summed E-state index contributed by atoms with van der Waals surface area (Å²) in [4.78, 5) is 41.2. The minimum atomic E-state index is -0.689. The highest BCUT2D eigenvalue weighted by Gasteiger charge is 2.28. The van der Waals surface area contributed by atoms with Gasteiger partial charge in [0.1, 0.15) is 5.82 Å². The summed E-state index contributed by atoms with van der Waals surface area (Å²) in [5.74, 6) is -0.140. The Hall–Kier alpha value is -2.77. The molecule has 1 amide bonds. The minimum absolute atomic E-state index is 0.0225. The number of aromatic amines is 1. The average molecular weight is 362 g/mol. The first-order valence-electron chi connectivity index (χ1n) is 8.62. The lowest BCUT2D eigenvalue weighted by Crippen LogP contribution is -2.43. The Morgan fingerprint density at radius 2 is 1.92 bits per heavy atom. The molecule has 142 valence electrons. The van der Waals surface area contributed by atoms with Crippen LogP contribution in [0.25, 0.3) is 0 Å². The van der Waals surface area contributed by atoms with E-state index in [1.54, 1.807) is 13.0 Å². The van der Waals surface area contributed by atoms with Crippen molar-refractivity contribution in [1.82, 2.24) is 9.55 Å². The molecule has 2 rings (SSSR count). The topological polar surface area (TPSA) is 114 Å². The van der Waals surface area contributed by atoms with Gasteiger partial charge in [0.05, 0.1) is 6.26 Å². The van der Waals surface area contributed by atoms with E-state index in [4.69, 9.17) is 10.2 Å². The van der Waals surface area contributed by atoms with Crippen LogP contribution in [0.2, 0.25) is 0 Å². The predicted molar refractivity (Wildman–Crippen MR) is 101 cm³/mol. The standard InChI is InChI=1S/C18H26N4O4/c1-10(2)8-21(17(24)14-12(5)6-7-26-14)13-15(19)22(9-11(3)4)18(25)20-16(13)23/h6-7,10-11H,8-9,19H2,1-5H3,(H,20,23,25). The number of furan rings is 1. The number of hydrogen-bond donors (Lipinski definition) is 2. The van der Waals surface area contributed by atoms with Crippen LogP contribution in [0.1, 0.15) is 43.8 Å². The fourth-order valence-electron chi connectivity index (χ4n) is 2.74. The van der Waals surface area contributed by atoms with Crippen molar-refractivity contribution in [3.8, 4) is 0 Å². The summed E-state index contributed by atoms with van der Waals surface area (Å²) in [6.45, 7) is 10.0. The van der Waals surface area contributed by atoms with E-state index < -0.39 is 17.2 Å². The van der Waals surface area contributed by atoms with Gasteiger partial charge in [-0.2, -0.15) is 0 Å². The van der Waals surface area contributed by atoms with Gasteiger partial charge in [-0.3, -0.25) is 24.0 Å². The summed E-state index contributed by atoms with van der Waals surface area (Å²) >= 11 is 0. The van der Waals surface area contributed by atoms with Crippen molar-refractivity contribution in [2.75, 3.05) is 17.2 Å². The molecule has 3 N–H and O–H groups in total. The number of aryl methyl sites for hydroxylation is 1. The van der Waals surface area contributed by atoms with Crippen molar-refractivity contribution >= 4 is 17.4 Å². The molecule has 0 spiro atoms. The maximum Gasteiger partial charge on any atom is 0.330 e. The molecule has 0 aliphatic heterocycles. The number of carbonyl (C=O) groups excluding carboxylic acids is 1. The monoisotopic (exact) mass is 362 g/mol. The zero-order valence-corrected chi connectivity index (χ0v) is 15.8. The lowest BCUT2D eigenvalue weighted by Gasteiger charge is -2.25. The van der Waals surface area contributed by atoms with E-state index in [2.05, 4.69) is 4.98 Å². The number of amides is 1.